The molecular weight excluding hydrogens is 401 g/mol. The molecule has 2 N–H and O–H groups in total. The summed E-state index contributed by atoms with van der Waals surface area (Å²) in [4.78, 5) is 17.0. The Labute approximate surface area is 179 Å². The molecule has 3 aromatic heterocycles. The van der Waals surface area contributed by atoms with Crippen LogP contribution in [0.2, 0.25) is 5.02 Å². The van der Waals surface area contributed by atoms with E-state index in [1.807, 2.05) is 43.5 Å². The fourth-order valence-electron chi connectivity index (χ4n) is 3.51. The molecule has 0 unspecified atom stereocenters. The minimum Gasteiger partial charge on any atom is -0.363 e. The predicted octanol–water partition coefficient (Wildman–Crippen LogP) is 6.63. The van der Waals surface area contributed by atoms with E-state index in [0.29, 0.717) is 16.7 Å². The highest BCUT2D eigenvalue weighted by molar-refractivity contribution is 6.31. The fourth-order valence-corrected chi connectivity index (χ4v) is 3.67. The summed E-state index contributed by atoms with van der Waals surface area (Å²) in [5, 5.41) is 5.77. The van der Waals surface area contributed by atoms with Crippen molar-refractivity contribution in [2.75, 3.05) is 5.32 Å². The molecule has 0 amide bonds. The van der Waals surface area contributed by atoms with E-state index in [0.717, 1.165) is 33.1 Å². The third kappa shape index (κ3) is 3.35. The average Bonchev–Trinajstić information content (AvgIpc) is 3.17. The van der Waals surface area contributed by atoms with E-state index in [-0.39, 0.29) is 14.7 Å². The van der Waals surface area contributed by atoms with Crippen molar-refractivity contribution in [2.24, 2.45) is 0 Å². The number of aromatic nitrogens is 4. The Morgan fingerprint density at radius 1 is 1.07 bits per heavy atom. The number of hydrogen-bond donors (Lipinski definition) is 2. The van der Waals surface area contributed by atoms with E-state index in [1.165, 1.54) is 12.1 Å². The quantitative estimate of drug-likeness (QED) is 0.341. The molecule has 5 rings (SSSR count). The number of rotatable bonds is 4. The van der Waals surface area contributed by atoms with E-state index in [2.05, 4.69) is 15.3 Å². The Hall–Kier alpha value is -3.51. The molecule has 0 bridgehead atoms. The molecule has 0 aliphatic carbocycles. The van der Waals surface area contributed by atoms with Gasteiger partial charge in [0.15, 0.2) is 5.82 Å². The molecule has 0 spiro atoms. The van der Waals surface area contributed by atoms with Gasteiger partial charge in [-0.15, -0.1) is 0 Å². The van der Waals surface area contributed by atoms with E-state index in [9.17, 15) is 4.39 Å². The van der Waals surface area contributed by atoms with E-state index in [4.69, 9.17) is 21.6 Å². The molecule has 0 aliphatic heterocycles. The molecule has 0 aliphatic rings. The van der Waals surface area contributed by atoms with Crippen molar-refractivity contribution in [3.63, 3.8) is 0 Å². The zero-order chi connectivity index (χ0) is 20.7. The number of anilines is 1. The number of nitrogens with zero attached hydrogens (tertiary/aromatic N) is 3. The highest BCUT2D eigenvalue weighted by Gasteiger charge is 2.15. The van der Waals surface area contributed by atoms with Gasteiger partial charge in [0.05, 0.1) is 10.5 Å². The number of pyridine rings is 1. The van der Waals surface area contributed by atoms with Crippen molar-refractivity contribution in [1.29, 1.82) is 0 Å². The fraction of sp³-hybridized carbons (Fsp3) is 0.0870. The van der Waals surface area contributed by atoms with Crippen molar-refractivity contribution in [3.8, 4) is 11.4 Å². The molecule has 3 heterocycles. The lowest BCUT2D eigenvalue weighted by Crippen LogP contribution is -2.09. The second-order valence-corrected chi connectivity index (χ2v) is 7.52. The van der Waals surface area contributed by atoms with Gasteiger partial charge in [0.1, 0.15) is 17.3 Å². The lowest BCUT2D eigenvalue weighted by atomic mass is 10.1. The number of nitrogens with one attached hydrogen (secondary N) is 2. The Bertz CT molecular complexity index is 1370. The SMILES string of the molecule is C[C@H](Nc1nc(-c2c[nH]c3ncc(Cl)cc23)nc2ccccc12)c1ccc(F)cc1.[HH].[HH]. The van der Waals surface area contributed by atoms with Gasteiger partial charge in [-0.3, -0.25) is 0 Å². The third-order valence-corrected chi connectivity index (χ3v) is 5.27. The topological polar surface area (TPSA) is 66.5 Å². The van der Waals surface area contributed by atoms with Crippen molar-refractivity contribution >= 4 is 39.4 Å². The zero-order valence-corrected chi connectivity index (χ0v) is 16.8. The van der Waals surface area contributed by atoms with Crippen LogP contribution in [0.1, 0.15) is 21.4 Å². The third-order valence-electron chi connectivity index (χ3n) is 5.07. The van der Waals surface area contributed by atoms with Crippen molar-refractivity contribution in [1.82, 2.24) is 19.9 Å². The van der Waals surface area contributed by atoms with Gasteiger partial charge in [0.2, 0.25) is 0 Å². The summed E-state index contributed by atoms with van der Waals surface area (Å²) in [5.74, 6) is 1.02. The first-order chi connectivity index (χ1) is 14.6. The van der Waals surface area contributed by atoms with Gasteiger partial charge in [0, 0.05) is 37.6 Å². The maximum Gasteiger partial charge on any atom is 0.164 e. The Morgan fingerprint density at radius 2 is 1.87 bits per heavy atom. The van der Waals surface area contributed by atoms with Crippen LogP contribution in [0.4, 0.5) is 10.2 Å². The number of halogens is 2. The molecular formula is C23H21ClFN5. The molecule has 5 aromatic rings. The van der Waals surface area contributed by atoms with Crippen LogP contribution in [-0.4, -0.2) is 19.9 Å². The molecule has 1 atom stereocenters. The number of aromatic amines is 1. The molecule has 7 heteroatoms. The van der Waals surface area contributed by atoms with Crippen molar-refractivity contribution < 1.29 is 7.24 Å². The van der Waals surface area contributed by atoms with Crippen molar-refractivity contribution in [3.05, 3.63) is 83.4 Å². The first-order valence-electron chi connectivity index (χ1n) is 9.50. The standard InChI is InChI=1S/C23H17ClFN5.2H2/c1-13(14-6-8-16(25)9-7-14)28-22-17-4-2-3-5-20(17)29-23(30-22)19-12-27-21-18(19)10-15(24)11-26-21;;/h2-13H,1H3,(H,26,27)(H,28,29,30);2*1H/t13-;;/m0../s1. The van der Waals surface area contributed by atoms with Gasteiger partial charge in [-0.05, 0) is 42.8 Å². The summed E-state index contributed by atoms with van der Waals surface area (Å²) < 4.78 is 13.3. The number of benzene rings is 2. The molecule has 2 aromatic carbocycles. The molecule has 30 heavy (non-hydrogen) atoms. The number of H-pyrrole nitrogens is 1. The summed E-state index contributed by atoms with van der Waals surface area (Å²) in [6, 6.07) is 16.1. The predicted molar refractivity (Wildman–Crippen MR) is 122 cm³/mol. The van der Waals surface area contributed by atoms with E-state index < -0.39 is 0 Å². The van der Waals surface area contributed by atoms with Crippen LogP contribution in [0.5, 0.6) is 0 Å². The van der Waals surface area contributed by atoms with Gasteiger partial charge in [-0.1, -0.05) is 35.9 Å². The molecule has 5 nitrogen and oxygen atoms in total. The van der Waals surface area contributed by atoms with Gasteiger partial charge < -0.3 is 10.3 Å². The number of hydrogen-bond acceptors (Lipinski definition) is 4. The normalized spacial score (nSPS) is 12.4. The monoisotopic (exact) mass is 421 g/mol. The maximum absolute atomic E-state index is 13.3. The summed E-state index contributed by atoms with van der Waals surface area (Å²) in [6.07, 6.45) is 3.44. The Balaban J connectivity index is 0.00000144. The second-order valence-electron chi connectivity index (χ2n) is 7.08. The van der Waals surface area contributed by atoms with Crippen LogP contribution in [0, 0.1) is 5.82 Å². The van der Waals surface area contributed by atoms with Crippen LogP contribution >= 0.6 is 11.6 Å². The van der Waals surface area contributed by atoms with Crippen LogP contribution in [0.15, 0.2) is 67.0 Å². The average molecular weight is 422 g/mol. The highest BCUT2D eigenvalue weighted by atomic mass is 35.5. The van der Waals surface area contributed by atoms with Gasteiger partial charge >= 0.3 is 0 Å². The highest BCUT2D eigenvalue weighted by Crippen LogP contribution is 2.31. The second kappa shape index (κ2) is 7.39. The number of para-hydroxylation sites is 1. The largest absolute Gasteiger partial charge is 0.363 e. The van der Waals surface area contributed by atoms with Crippen molar-refractivity contribution in [2.45, 2.75) is 13.0 Å². The summed E-state index contributed by atoms with van der Waals surface area (Å²) in [5.41, 5.74) is 3.33. The maximum atomic E-state index is 13.3. The molecule has 0 radical (unpaired) electrons. The molecule has 0 saturated heterocycles. The van der Waals surface area contributed by atoms with Crippen LogP contribution in [-0.2, 0) is 0 Å². The minimum absolute atomic E-state index is 0. The molecule has 152 valence electrons. The summed E-state index contributed by atoms with van der Waals surface area (Å²) in [7, 11) is 0. The molecule has 0 fully saturated rings. The smallest absolute Gasteiger partial charge is 0.164 e. The summed E-state index contributed by atoms with van der Waals surface area (Å²) >= 11 is 6.15. The minimum atomic E-state index is -0.257. The van der Waals surface area contributed by atoms with Crippen LogP contribution in [0.25, 0.3) is 33.3 Å². The zero-order valence-electron chi connectivity index (χ0n) is 16.0. The van der Waals surface area contributed by atoms with Gasteiger partial charge in [0.25, 0.3) is 0 Å². The first-order valence-corrected chi connectivity index (χ1v) is 9.88. The first kappa shape index (κ1) is 18.5. The van der Waals surface area contributed by atoms with E-state index >= 15 is 0 Å². The van der Waals surface area contributed by atoms with E-state index in [1.54, 1.807) is 18.3 Å². The Morgan fingerprint density at radius 3 is 2.70 bits per heavy atom. The molecule has 0 saturated carbocycles. The van der Waals surface area contributed by atoms with Crippen LogP contribution in [0.3, 0.4) is 0 Å². The lowest BCUT2D eigenvalue weighted by molar-refractivity contribution is 0.626. The number of fused-ring (bicyclic) bond motifs is 2. The lowest BCUT2D eigenvalue weighted by Gasteiger charge is -2.17. The van der Waals surface area contributed by atoms with Gasteiger partial charge in [-0.2, -0.15) is 0 Å². The Kier molecular flexibility index (Phi) is 4.56. The van der Waals surface area contributed by atoms with Gasteiger partial charge in [-0.25, -0.2) is 19.3 Å². The van der Waals surface area contributed by atoms with Crippen LogP contribution < -0.4 is 5.32 Å². The summed E-state index contributed by atoms with van der Waals surface area (Å²) in [6.45, 7) is 2.01.